The van der Waals surface area contributed by atoms with Gasteiger partial charge in [-0.05, 0) is 48.0 Å². The summed E-state index contributed by atoms with van der Waals surface area (Å²) in [6.45, 7) is 15.3. The van der Waals surface area contributed by atoms with Crippen LogP contribution >= 0.6 is 0 Å². The molecule has 0 radical (unpaired) electrons. The molecule has 14 heavy (non-hydrogen) atoms. The lowest BCUT2D eigenvalue weighted by Gasteiger charge is -2.50. The summed E-state index contributed by atoms with van der Waals surface area (Å²) < 4.78 is 5.82. The minimum atomic E-state index is -0.000849. The smallest absolute Gasteiger partial charge is 0.0629 e. The summed E-state index contributed by atoms with van der Waals surface area (Å²) >= 11 is 0. The van der Waals surface area contributed by atoms with Gasteiger partial charge in [0.25, 0.3) is 0 Å². The zero-order valence-electron chi connectivity index (χ0n) is 10.6. The number of ether oxygens (including phenoxy) is 1. The normalized spacial score (nSPS) is 24.9. The number of likely N-dealkylation sites (tertiary alicyclic amines) is 1. The minimum Gasteiger partial charge on any atom is -0.374 e. The van der Waals surface area contributed by atoms with Crippen molar-refractivity contribution in [2.24, 2.45) is 0 Å². The van der Waals surface area contributed by atoms with Crippen molar-refractivity contribution in [2.45, 2.75) is 65.1 Å². The number of hydrogen-bond donors (Lipinski definition) is 0. The third-order valence-corrected chi connectivity index (χ3v) is 2.71. The molecule has 2 nitrogen and oxygen atoms in total. The maximum Gasteiger partial charge on any atom is 0.0629 e. The fraction of sp³-hybridized carbons (Fsp3) is 1.00. The highest BCUT2D eigenvalue weighted by atomic mass is 16.5. The van der Waals surface area contributed by atoms with Gasteiger partial charge in [0.15, 0.2) is 0 Å². The Labute approximate surface area is 88.6 Å². The number of nitrogens with zero attached hydrogens (tertiary/aromatic N) is 1. The average Bonchev–Trinajstić information content (AvgIpc) is 1.76. The van der Waals surface area contributed by atoms with Crippen LogP contribution in [0, 0.1) is 0 Å². The molecule has 0 saturated carbocycles. The van der Waals surface area contributed by atoms with Crippen LogP contribution in [0.1, 0.15) is 48.0 Å². The summed E-state index contributed by atoms with van der Waals surface area (Å²) in [5.74, 6) is 0. The average molecular weight is 199 g/mol. The molecule has 0 aliphatic carbocycles. The van der Waals surface area contributed by atoms with E-state index in [4.69, 9.17) is 4.74 Å². The van der Waals surface area contributed by atoms with Crippen LogP contribution in [0.5, 0.6) is 0 Å². The van der Waals surface area contributed by atoms with Crippen LogP contribution < -0.4 is 0 Å². The van der Waals surface area contributed by atoms with E-state index in [1.807, 2.05) is 0 Å². The molecule has 0 aromatic rings. The Balaban J connectivity index is 2.34. The lowest BCUT2D eigenvalue weighted by Crippen LogP contribution is -2.59. The molecule has 84 valence electrons. The highest BCUT2D eigenvalue weighted by molar-refractivity contribution is 4.91. The second kappa shape index (κ2) is 3.82. The zero-order chi connectivity index (χ0) is 11.0. The molecule has 0 aromatic heterocycles. The first-order valence-corrected chi connectivity index (χ1v) is 5.61. The van der Waals surface area contributed by atoms with Gasteiger partial charge in [0, 0.05) is 18.1 Å². The van der Waals surface area contributed by atoms with Crippen LogP contribution in [0.4, 0.5) is 0 Å². The molecule has 0 spiro atoms. The molecule has 0 bridgehead atoms. The Bertz CT molecular complexity index is 187. The molecular formula is C12H25NO. The fourth-order valence-corrected chi connectivity index (χ4v) is 1.84. The lowest BCUT2D eigenvalue weighted by atomic mass is 9.94. The molecule has 1 unspecified atom stereocenters. The first kappa shape index (κ1) is 12.0. The summed E-state index contributed by atoms with van der Waals surface area (Å²) in [6.07, 6.45) is 1.29. The summed E-state index contributed by atoms with van der Waals surface area (Å²) in [5, 5.41) is 0. The standard InChI is InChI=1S/C12H25NO/c1-11(2,3)13-8-7-10(13)9-14-12(4,5)6/h10H,7-9H2,1-6H3. The van der Waals surface area contributed by atoms with Crippen molar-refractivity contribution in [1.82, 2.24) is 4.90 Å². The summed E-state index contributed by atoms with van der Waals surface area (Å²) in [6, 6.07) is 0.634. The summed E-state index contributed by atoms with van der Waals surface area (Å²) in [5.41, 5.74) is 0.295. The molecule has 2 heteroatoms. The second-order valence-electron chi connectivity index (χ2n) is 6.23. The Morgan fingerprint density at radius 2 is 1.71 bits per heavy atom. The van der Waals surface area contributed by atoms with Crippen molar-refractivity contribution >= 4 is 0 Å². The van der Waals surface area contributed by atoms with Crippen LogP contribution in [0.3, 0.4) is 0 Å². The maximum absolute atomic E-state index is 5.82. The highest BCUT2D eigenvalue weighted by Gasteiger charge is 2.36. The van der Waals surface area contributed by atoms with Gasteiger partial charge in [-0.1, -0.05) is 0 Å². The molecule has 1 atom stereocenters. The molecule has 1 rings (SSSR count). The molecule has 0 N–H and O–H groups in total. The fourth-order valence-electron chi connectivity index (χ4n) is 1.84. The highest BCUT2D eigenvalue weighted by Crippen LogP contribution is 2.28. The van der Waals surface area contributed by atoms with E-state index in [1.54, 1.807) is 0 Å². The number of rotatable bonds is 2. The molecule has 0 aromatic carbocycles. The molecular weight excluding hydrogens is 174 g/mol. The van der Waals surface area contributed by atoms with Crippen molar-refractivity contribution in [3.8, 4) is 0 Å². The molecule has 1 saturated heterocycles. The van der Waals surface area contributed by atoms with Crippen molar-refractivity contribution < 1.29 is 4.74 Å². The van der Waals surface area contributed by atoms with Crippen molar-refractivity contribution in [1.29, 1.82) is 0 Å². The minimum absolute atomic E-state index is 0.000849. The third-order valence-electron chi connectivity index (χ3n) is 2.71. The lowest BCUT2D eigenvalue weighted by molar-refractivity contribution is -0.0873. The van der Waals surface area contributed by atoms with Gasteiger partial charge < -0.3 is 4.74 Å². The third kappa shape index (κ3) is 3.25. The first-order valence-electron chi connectivity index (χ1n) is 5.61. The Morgan fingerprint density at radius 1 is 1.14 bits per heavy atom. The van der Waals surface area contributed by atoms with Gasteiger partial charge in [-0.3, -0.25) is 4.90 Å². The summed E-state index contributed by atoms with van der Waals surface area (Å²) in [7, 11) is 0. The molecule has 1 aliphatic heterocycles. The van der Waals surface area contributed by atoms with Crippen LogP contribution in [0.25, 0.3) is 0 Å². The van der Waals surface area contributed by atoms with Crippen molar-refractivity contribution in [2.75, 3.05) is 13.2 Å². The van der Waals surface area contributed by atoms with Gasteiger partial charge in [-0.15, -0.1) is 0 Å². The van der Waals surface area contributed by atoms with Crippen LogP contribution in [-0.4, -0.2) is 35.2 Å². The quantitative estimate of drug-likeness (QED) is 0.678. The van der Waals surface area contributed by atoms with Crippen LogP contribution in [0.15, 0.2) is 0 Å². The van der Waals surface area contributed by atoms with E-state index in [2.05, 4.69) is 46.4 Å². The SMILES string of the molecule is CC(C)(C)OCC1CCN1C(C)(C)C. The van der Waals surface area contributed by atoms with Crippen LogP contribution in [-0.2, 0) is 4.74 Å². The van der Waals surface area contributed by atoms with Gasteiger partial charge in [0.2, 0.25) is 0 Å². The number of hydrogen-bond acceptors (Lipinski definition) is 2. The predicted octanol–water partition coefficient (Wildman–Crippen LogP) is 2.67. The van der Waals surface area contributed by atoms with Gasteiger partial charge in [-0.25, -0.2) is 0 Å². The predicted molar refractivity (Wildman–Crippen MR) is 60.6 cm³/mol. The van der Waals surface area contributed by atoms with E-state index in [0.717, 1.165) is 6.61 Å². The van der Waals surface area contributed by atoms with Crippen molar-refractivity contribution in [3.63, 3.8) is 0 Å². The van der Waals surface area contributed by atoms with E-state index in [-0.39, 0.29) is 5.60 Å². The topological polar surface area (TPSA) is 12.5 Å². The van der Waals surface area contributed by atoms with E-state index >= 15 is 0 Å². The van der Waals surface area contributed by atoms with E-state index < -0.39 is 0 Å². The Morgan fingerprint density at radius 3 is 2.00 bits per heavy atom. The second-order valence-corrected chi connectivity index (χ2v) is 6.23. The first-order chi connectivity index (χ1) is 6.20. The molecule has 0 amide bonds. The van der Waals surface area contributed by atoms with Gasteiger partial charge in [-0.2, -0.15) is 0 Å². The monoisotopic (exact) mass is 199 g/mol. The molecule has 1 heterocycles. The van der Waals surface area contributed by atoms with E-state index in [0.29, 0.717) is 11.6 Å². The van der Waals surface area contributed by atoms with Crippen molar-refractivity contribution in [3.05, 3.63) is 0 Å². The molecule has 1 fully saturated rings. The summed E-state index contributed by atoms with van der Waals surface area (Å²) in [4.78, 5) is 2.53. The largest absolute Gasteiger partial charge is 0.374 e. The Hall–Kier alpha value is -0.0800. The zero-order valence-corrected chi connectivity index (χ0v) is 10.6. The van der Waals surface area contributed by atoms with E-state index in [9.17, 15) is 0 Å². The van der Waals surface area contributed by atoms with Crippen LogP contribution in [0.2, 0.25) is 0 Å². The van der Waals surface area contributed by atoms with Gasteiger partial charge in [0.1, 0.15) is 0 Å². The van der Waals surface area contributed by atoms with Gasteiger partial charge in [0.05, 0.1) is 12.2 Å². The Kier molecular flexibility index (Phi) is 3.27. The van der Waals surface area contributed by atoms with Gasteiger partial charge >= 0.3 is 0 Å². The van der Waals surface area contributed by atoms with E-state index in [1.165, 1.54) is 13.0 Å². The molecule has 1 aliphatic rings. The maximum atomic E-state index is 5.82.